The van der Waals surface area contributed by atoms with E-state index < -0.39 is 11.6 Å². The molecule has 0 aromatic carbocycles. The maximum atomic E-state index is 12.8. The van der Waals surface area contributed by atoms with Crippen molar-refractivity contribution in [1.29, 1.82) is 0 Å². The average molecular weight is 342 g/mol. The Morgan fingerprint density at radius 2 is 2.04 bits per heavy atom. The lowest BCUT2D eigenvalue weighted by Crippen LogP contribution is -2.54. The van der Waals surface area contributed by atoms with Crippen LogP contribution in [0, 0.1) is 0 Å². The molecule has 2 aliphatic heterocycles. The Morgan fingerprint density at radius 3 is 2.67 bits per heavy atom. The number of nitrogens with zero attached hydrogens (tertiary/aromatic N) is 3. The summed E-state index contributed by atoms with van der Waals surface area (Å²) in [5.74, 6) is -0.380. The number of carbonyl (C=O) groups excluding carboxylic acids is 3. The van der Waals surface area contributed by atoms with Gasteiger partial charge in [-0.15, -0.1) is 0 Å². The standard InChI is InChI=1S/C15H26N4O5/c1-2-3-4-15(11-18(23)12-20)13(21)19(14(22)16-15)6-5-17-7-9-24-10-8-17/h12,23H,2-11H2,1H3,(H,16,22). The Bertz CT molecular complexity index is 469. The lowest BCUT2D eigenvalue weighted by atomic mass is 9.92. The van der Waals surface area contributed by atoms with Gasteiger partial charge >= 0.3 is 6.03 Å². The summed E-state index contributed by atoms with van der Waals surface area (Å²) in [6.07, 6.45) is 2.16. The first-order valence-corrected chi connectivity index (χ1v) is 8.37. The van der Waals surface area contributed by atoms with Crippen molar-refractivity contribution < 1.29 is 24.3 Å². The largest absolute Gasteiger partial charge is 0.379 e. The van der Waals surface area contributed by atoms with Gasteiger partial charge in [0.05, 0.1) is 19.8 Å². The van der Waals surface area contributed by atoms with Gasteiger partial charge in [-0.3, -0.25) is 24.6 Å². The Morgan fingerprint density at radius 1 is 1.33 bits per heavy atom. The van der Waals surface area contributed by atoms with E-state index in [1.807, 2.05) is 6.92 Å². The second-order valence-corrected chi connectivity index (χ2v) is 6.23. The number of imide groups is 1. The lowest BCUT2D eigenvalue weighted by molar-refractivity contribution is -0.157. The van der Waals surface area contributed by atoms with E-state index >= 15 is 0 Å². The number of unbranched alkanes of at least 4 members (excludes halogenated alkanes) is 1. The number of morpholine rings is 1. The molecule has 9 nitrogen and oxygen atoms in total. The topological polar surface area (TPSA) is 102 Å². The fourth-order valence-electron chi connectivity index (χ4n) is 3.09. The Balaban J connectivity index is 2.03. The summed E-state index contributed by atoms with van der Waals surface area (Å²) in [5, 5.41) is 12.6. The number of urea groups is 1. The fourth-order valence-corrected chi connectivity index (χ4v) is 3.09. The van der Waals surface area contributed by atoms with Gasteiger partial charge in [-0.05, 0) is 6.42 Å². The second kappa shape index (κ2) is 8.41. The van der Waals surface area contributed by atoms with Gasteiger partial charge in [0.2, 0.25) is 6.41 Å². The number of amides is 4. The van der Waals surface area contributed by atoms with E-state index in [1.165, 1.54) is 4.90 Å². The van der Waals surface area contributed by atoms with E-state index in [9.17, 15) is 19.6 Å². The zero-order valence-electron chi connectivity index (χ0n) is 14.1. The van der Waals surface area contributed by atoms with Crippen LogP contribution in [0.1, 0.15) is 26.2 Å². The number of hydrogen-bond acceptors (Lipinski definition) is 6. The molecule has 0 aromatic heterocycles. The number of carbonyl (C=O) groups is 3. The van der Waals surface area contributed by atoms with Crippen LogP contribution < -0.4 is 5.32 Å². The van der Waals surface area contributed by atoms with Crippen LogP contribution in [-0.2, 0) is 14.3 Å². The molecule has 0 spiro atoms. The molecular formula is C15H26N4O5. The molecule has 2 N–H and O–H groups in total. The smallest absolute Gasteiger partial charge is 0.325 e. The van der Waals surface area contributed by atoms with Gasteiger partial charge in [-0.25, -0.2) is 9.86 Å². The van der Waals surface area contributed by atoms with Crippen molar-refractivity contribution in [3.63, 3.8) is 0 Å². The molecule has 4 amide bonds. The van der Waals surface area contributed by atoms with Crippen molar-refractivity contribution in [2.75, 3.05) is 45.9 Å². The van der Waals surface area contributed by atoms with Crippen LogP contribution >= 0.6 is 0 Å². The van der Waals surface area contributed by atoms with Gasteiger partial charge in [0, 0.05) is 26.2 Å². The zero-order valence-corrected chi connectivity index (χ0v) is 14.1. The molecule has 2 fully saturated rings. The predicted octanol–water partition coefficient (Wildman–Crippen LogP) is -0.353. The fraction of sp³-hybridized carbons (Fsp3) is 0.800. The first-order valence-electron chi connectivity index (χ1n) is 8.37. The van der Waals surface area contributed by atoms with E-state index in [-0.39, 0.29) is 25.4 Å². The van der Waals surface area contributed by atoms with Crippen LogP contribution in [0.25, 0.3) is 0 Å². The first-order chi connectivity index (χ1) is 11.5. The third-order valence-corrected chi connectivity index (χ3v) is 4.50. The van der Waals surface area contributed by atoms with E-state index in [0.29, 0.717) is 37.7 Å². The summed E-state index contributed by atoms with van der Waals surface area (Å²) in [4.78, 5) is 39.1. The number of nitrogens with one attached hydrogen (secondary N) is 1. The second-order valence-electron chi connectivity index (χ2n) is 6.23. The predicted molar refractivity (Wildman–Crippen MR) is 84.3 cm³/mol. The maximum absolute atomic E-state index is 12.8. The van der Waals surface area contributed by atoms with Gasteiger partial charge in [0.25, 0.3) is 5.91 Å². The highest BCUT2D eigenvalue weighted by Crippen LogP contribution is 2.25. The van der Waals surface area contributed by atoms with Crippen molar-refractivity contribution >= 4 is 18.3 Å². The molecule has 136 valence electrons. The molecule has 0 bridgehead atoms. The highest BCUT2D eigenvalue weighted by Gasteiger charge is 2.51. The molecule has 24 heavy (non-hydrogen) atoms. The van der Waals surface area contributed by atoms with Crippen molar-refractivity contribution in [2.24, 2.45) is 0 Å². The lowest BCUT2D eigenvalue weighted by Gasteiger charge is -2.30. The number of rotatable bonds is 9. The van der Waals surface area contributed by atoms with Crippen molar-refractivity contribution in [3.8, 4) is 0 Å². The van der Waals surface area contributed by atoms with Crippen molar-refractivity contribution in [3.05, 3.63) is 0 Å². The molecule has 1 atom stereocenters. The third-order valence-electron chi connectivity index (χ3n) is 4.50. The van der Waals surface area contributed by atoms with Gasteiger partial charge < -0.3 is 10.1 Å². The SMILES string of the molecule is CCCCC1(CN(O)C=O)NC(=O)N(CCN2CCOCC2)C1=O. The van der Waals surface area contributed by atoms with Crippen LogP contribution in [-0.4, -0.2) is 89.9 Å². The number of ether oxygens (including phenoxy) is 1. The summed E-state index contributed by atoms with van der Waals surface area (Å²) in [6, 6.07) is -0.469. The Hall–Kier alpha value is -1.71. The summed E-state index contributed by atoms with van der Waals surface area (Å²) in [7, 11) is 0. The van der Waals surface area contributed by atoms with E-state index in [1.54, 1.807) is 0 Å². The van der Waals surface area contributed by atoms with E-state index in [0.717, 1.165) is 19.5 Å². The van der Waals surface area contributed by atoms with Gasteiger partial charge in [0.15, 0.2) is 0 Å². The molecule has 9 heteroatoms. The molecule has 1 unspecified atom stereocenters. The number of hydroxylamine groups is 2. The van der Waals surface area contributed by atoms with Gasteiger partial charge in [0.1, 0.15) is 5.54 Å². The molecule has 0 radical (unpaired) electrons. The highest BCUT2D eigenvalue weighted by atomic mass is 16.5. The maximum Gasteiger partial charge on any atom is 0.325 e. The summed E-state index contributed by atoms with van der Waals surface area (Å²) < 4.78 is 5.28. The van der Waals surface area contributed by atoms with Crippen LogP contribution in [0.2, 0.25) is 0 Å². The molecule has 2 aliphatic rings. The summed E-state index contributed by atoms with van der Waals surface area (Å²) in [5.41, 5.74) is -1.24. The van der Waals surface area contributed by atoms with Crippen LogP contribution in [0.4, 0.5) is 4.79 Å². The minimum absolute atomic E-state index is 0.240. The van der Waals surface area contributed by atoms with Crippen molar-refractivity contribution in [1.82, 2.24) is 20.2 Å². The quantitative estimate of drug-likeness (QED) is 0.257. The molecule has 0 aliphatic carbocycles. The van der Waals surface area contributed by atoms with Crippen LogP contribution in [0.15, 0.2) is 0 Å². The molecular weight excluding hydrogens is 316 g/mol. The monoisotopic (exact) mass is 342 g/mol. The summed E-state index contributed by atoms with van der Waals surface area (Å²) in [6.45, 7) is 5.46. The van der Waals surface area contributed by atoms with Gasteiger partial charge in [-0.1, -0.05) is 19.8 Å². The first kappa shape index (κ1) is 18.6. The minimum Gasteiger partial charge on any atom is -0.379 e. The Labute approximate surface area is 141 Å². The molecule has 0 aromatic rings. The van der Waals surface area contributed by atoms with E-state index in [4.69, 9.17) is 4.74 Å². The van der Waals surface area contributed by atoms with E-state index in [2.05, 4.69) is 10.2 Å². The Kier molecular flexibility index (Phi) is 6.52. The van der Waals surface area contributed by atoms with Crippen LogP contribution in [0.3, 0.4) is 0 Å². The number of hydrogen-bond donors (Lipinski definition) is 2. The molecule has 2 heterocycles. The molecule has 2 rings (SSSR count). The van der Waals surface area contributed by atoms with Crippen LogP contribution in [0.5, 0.6) is 0 Å². The molecule has 0 saturated carbocycles. The van der Waals surface area contributed by atoms with Crippen molar-refractivity contribution in [2.45, 2.75) is 31.7 Å². The minimum atomic E-state index is -1.24. The third kappa shape index (κ3) is 4.22. The zero-order chi connectivity index (χ0) is 17.6. The normalized spacial score (nSPS) is 25.0. The average Bonchev–Trinajstić information content (AvgIpc) is 2.82. The molecule has 2 saturated heterocycles. The highest BCUT2D eigenvalue weighted by molar-refractivity contribution is 6.07. The summed E-state index contributed by atoms with van der Waals surface area (Å²) >= 11 is 0. The van der Waals surface area contributed by atoms with Gasteiger partial charge in [-0.2, -0.15) is 0 Å².